The van der Waals surface area contributed by atoms with Crippen molar-refractivity contribution in [1.29, 1.82) is 0 Å². The molecule has 0 unspecified atom stereocenters. The van der Waals surface area contributed by atoms with Gasteiger partial charge in [0.15, 0.2) is 5.65 Å². The second kappa shape index (κ2) is 5.46. The third kappa shape index (κ3) is 2.83. The molecule has 1 N–H and O–H groups in total. The molecule has 0 aliphatic rings. The highest BCUT2D eigenvalue weighted by molar-refractivity contribution is 6.35. The molecule has 0 aliphatic heterocycles. The minimum atomic E-state index is -0.394. The molecule has 1 aromatic carbocycles. The normalized spacial score (nSPS) is 10.6. The zero-order valence-electron chi connectivity index (χ0n) is 10.7. The number of benzene rings is 1. The van der Waals surface area contributed by atoms with Crippen molar-refractivity contribution in [2.45, 2.75) is 0 Å². The average molecular weight is 302 g/mol. The summed E-state index contributed by atoms with van der Waals surface area (Å²) < 4.78 is 12.8. The largest absolute Gasteiger partial charge is 0.306 e. The molecule has 0 saturated heterocycles. The number of nitrogens with one attached hydrogen (secondary N) is 1. The van der Waals surface area contributed by atoms with Crippen molar-refractivity contribution in [3.8, 4) is 0 Å². The summed E-state index contributed by atoms with van der Waals surface area (Å²) in [6.07, 6.45) is 1.54. The first kappa shape index (κ1) is 13.5. The Balaban J connectivity index is 1.88. The van der Waals surface area contributed by atoms with Gasteiger partial charge in [-0.3, -0.25) is 4.79 Å². The second-order valence-electron chi connectivity index (χ2n) is 4.32. The molecule has 0 atom stereocenters. The topological polar surface area (TPSA) is 54.9 Å². The predicted molar refractivity (Wildman–Crippen MR) is 78.9 cm³/mol. The Kier molecular flexibility index (Phi) is 3.50. The fraction of sp³-hybridized carbons (Fsp3) is 0. The quantitative estimate of drug-likeness (QED) is 0.785. The van der Waals surface area contributed by atoms with Crippen LogP contribution in [0.1, 0.15) is 10.4 Å². The molecule has 104 valence electrons. The Morgan fingerprint density at radius 1 is 1.10 bits per heavy atom. The summed E-state index contributed by atoms with van der Waals surface area (Å²) in [5.41, 5.74) is 0.789. The molecule has 2 heterocycles. The van der Waals surface area contributed by atoms with Crippen molar-refractivity contribution < 1.29 is 9.18 Å². The second-order valence-corrected chi connectivity index (χ2v) is 4.73. The van der Waals surface area contributed by atoms with Gasteiger partial charge in [-0.1, -0.05) is 11.6 Å². The van der Waals surface area contributed by atoms with Crippen molar-refractivity contribution >= 4 is 34.4 Å². The summed E-state index contributed by atoms with van der Waals surface area (Å²) >= 11 is 6.02. The number of anilines is 1. The lowest BCUT2D eigenvalue weighted by atomic mass is 10.2. The van der Waals surface area contributed by atoms with Gasteiger partial charge in [-0.25, -0.2) is 14.4 Å². The SMILES string of the molecule is O=C(Nc1ccc2c(Cl)ccnc2n1)c1ccc(F)cc1. The summed E-state index contributed by atoms with van der Waals surface area (Å²) in [6.45, 7) is 0. The number of pyridine rings is 2. The Labute approximate surface area is 124 Å². The Morgan fingerprint density at radius 2 is 1.86 bits per heavy atom. The fourth-order valence-electron chi connectivity index (χ4n) is 1.86. The lowest BCUT2D eigenvalue weighted by Gasteiger charge is -2.06. The molecule has 0 fully saturated rings. The van der Waals surface area contributed by atoms with Gasteiger partial charge in [0.2, 0.25) is 0 Å². The van der Waals surface area contributed by atoms with Gasteiger partial charge < -0.3 is 5.32 Å². The molecule has 0 bridgehead atoms. The molecule has 3 rings (SSSR count). The van der Waals surface area contributed by atoms with Crippen LogP contribution in [-0.2, 0) is 0 Å². The maximum absolute atomic E-state index is 12.8. The first-order chi connectivity index (χ1) is 10.1. The van der Waals surface area contributed by atoms with Crippen molar-refractivity contribution in [2.75, 3.05) is 5.32 Å². The first-order valence-corrected chi connectivity index (χ1v) is 6.49. The third-order valence-electron chi connectivity index (χ3n) is 2.90. The van der Waals surface area contributed by atoms with E-state index in [2.05, 4.69) is 15.3 Å². The van der Waals surface area contributed by atoms with Crippen LogP contribution < -0.4 is 5.32 Å². The Hall–Kier alpha value is -2.53. The van der Waals surface area contributed by atoms with E-state index in [4.69, 9.17) is 11.6 Å². The highest BCUT2D eigenvalue weighted by Crippen LogP contribution is 2.21. The minimum absolute atomic E-state index is 0.345. The number of amides is 1. The van der Waals surface area contributed by atoms with Crippen molar-refractivity contribution in [3.63, 3.8) is 0 Å². The molecule has 3 aromatic rings. The van der Waals surface area contributed by atoms with Crippen molar-refractivity contribution in [3.05, 3.63) is 65.1 Å². The number of aromatic nitrogens is 2. The number of hydrogen-bond donors (Lipinski definition) is 1. The van der Waals surface area contributed by atoms with E-state index in [0.29, 0.717) is 27.4 Å². The van der Waals surface area contributed by atoms with E-state index in [9.17, 15) is 9.18 Å². The van der Waals surface area contributed by atoms with Crippen LogP contribution in [0.4, 0.5) is 10.2 Å². The lowest BCUT2D eigenvalue weighted by Crippen LogP contribution is -2.13. The first-order valence-electron chi connectivity index (χ1n) is 6.12. The van der Waals surface area contributed by atoms with E-state index in [0.717, 1.165) is 0 Å². The smallest absolute Gasteiger partial charge is 0.256 e. The van der Waals surface area contributed by atoms with Gasteiger partial charge in [-0.2, -0.15) is 0 Å². The predicted octanol–water partition coefficient (Wildman–Crippen LogP) is 3.67. The number of carbonyl (C=O) groups is 1. The summed E-state index contributed by atoms with van der Waals surface area (Å²) in [4.78, 5) is 20.3. The van der Waals surface area contributed by atoms with Crippen LogP contribution in [0.2, 0.25) is 5.02 Å². The highest BCUT2D eigenvalue weighted by Gasteiger charge is 2.08. The number of halogens is 2. The number of hydrogen-bond acceptors (Lipinski definition) is 3. The summed E-state index contributed by atoms with van der Waals surface area (Å²) in [5.74, 6) is -0.412. The minimum Gasteiger partial charge on any atom is -0.306 e. The summed E-state index contributed by atoms with van der Waals surface area (Å²) in [5, 5.41) is 3.89. The molecule has 0 radical (unpaired) electrons. The Morgan fingerprint density at radius 3 is 2.62 bits per heavy atom. The van der Waals surface area contributed by atoms with Crippen molar-refractivity contribution in [1.82, 2.24) is 9.97 Å². The van der Waals surface area contributed by atoms with Gasteiger partial charge in [0.05, 0.1) is 5.02 Å². The molecule has 0 saturated carbocycles. The number of carbonyl (C=O) groups excluding carboxylic acids is 1. The van der Waals surface area contributed by atoms with Gasteiger partial charge in [0.25, 0.3) is 5.91 Å². The summed E-state index contributed by atoms with van der Waals surface area (Å²) in [6, 6.07) is 10.3. The van der Waals surface area contributed by atoms with Gasteiger partial charge in [-0.15, -0.1) is 0 Å². The zero-order valence-corrected chi connectivity index (χ0v) is 11.4. The van der Waals surface area contributed by atoms with E-state index in [1.807, 2.05) is 0 Å². The zero-order chi connectivity index (χ0) is 14.8. The van der Waals surface area contributed by atoms with E-state index >= 15 is 0 Å². The molecule has 1 amide bonds. The van der Waals surface area contributed by atoms with E-state index in [-0.39, 0.29) is 5.91 Å². The van der Waals surface area contributed by atoms with Crippen LogP contribution >= 0.6 is 11.6 Å². The molecule has 0 spiro atoms. The summed E-state index contributed by atoms with van der Waals surface area (Å²) in [7, 11) is 0. The van der Waals surface area contributed by atoms with Crippen molar-refractivity contribution in [2.24, 2.45) is 0 Å². The molecule has 21 heavy (non-hydrogen) atoms. The number of fused-ring (bicyclic) bond motifs is 1. The molecule has 4 nitrogen and oxygen atoms in total. The average Bonchev–Trinajstić information content (AvgIpc) is 2.48. The molecular formula is C15H9ClFN3O. The lowest BCUT2D eigenvalue weighted by molar-refractivity contribution is 0.102. The molecular weight excluding hydrogens is 293 g/mol. The van der Waals surface area contributed by atoms with Gasteiger partial charge in [-0.05, 0) is 42.5 Å². The van der Waals surface area contributed by atoms with E-state index < -0.39 is 5.82 Å². The maximum atomic E-state index is 12.8. The standard InChI is InChI=1S/C15H9ClFN3O/c16-12-7-8-18-14-11(12)5-6-13(19-14)20-15(21)9-1-3-10(17)4-2-9/h1-8H,(H,18,19,20,21). The third-order valence-corrected chi connectivity index (χ3v) is 3.23. The van der Waals surface area contributed by atoms with Gasteiger partial charge in [0.1, 0.15) is 11.6 Å². The van der Waals surface area contributed by atoms with Gasteiger partial charge >= 0.3 is 0 Å². The number of nitrogens with zero attached hydrogens (tertiary/aromatic N) is 2. The molecule has 6 heteroatoms. The fourth-order valence-corrected chi connectivity index (χ4v) is 2.06. The van der Waals surface area contributed by atoms with Crippen LogP contribution in [0.25, 0.3) is 11.0 Å². The highest BCUT2D eigenvalue weighted by atomic mass is 35.5. The monoisotopic (exact) mass is 301 g/mol. The molecule has 2 aromatic heterocycles. The van der Waals surface area contributed by atoms with Crippen LogP contribution in [0, 0.1) is 5.82 Å². The van der Waals surface area contributed by atoms with Crippen LogP contribution in [0.3, 0.4) is 0 Å². The van der Waals surface area contributed by atoms with Gasteiger partial charge in [0, 0.05) is 17.1 Å². The van der Waals surface area contributed by atoms with E-state index in [1.165, 1.54) is 24.3 Å². The van der Waals surface area contributed by atoms with Crippen LogP contribution in [0.5, 0.6) is 0 Å². The maximum Gasteiger partial charge on any atom is 0.256 e. The van der Waals surface area contributed by atoms with Crippen LogP contribution in [-0.4, -0.2) is 15.9 Å². The van der Waals surface area contributed by atoms with Crippen LogP contribution in [0.15, 0.2) is 48.7 Å². The Bertz CT molecular complexity index is 821. The number of rotatable bonds is 2. The van der Waals surface area contributed by atoms with E-state index in [1.54, 1.807) is 24.4 Å². The molecule has 0 aliphatic carbocycles.